The fourth-order valence-electron chi connectivity index (χ4n) is 5.28. The lowest BCUT2D eigenvalue weighted by molar-refractivity contribution is -0.117. The third kappa shape index (κ3) is 6.96. The number of aromatic nitrogens is 1. The predicted molar refractivity (Wildman–Crippen MR) is 168 cm³/mol. The van der Waals surface area contributed by atoms with Gasteiger partial charge in [-0.25, -0.2) is 4.98 Å². The topological polar surface area (TPSA) is 107 Å². The van der Waals surface area contributed by atoms with Gasteiger partial charge in [0.2, 0.25) is 5.91 Å². The Morgan fingerprint density at radius 3 is 2.60 bits per heavy atom. The van der Waals surface area contributed by atoms with Gasteiger partial charge in [-0.05, 0) is 61.1 Å². The molecule has 2 aliphatic rings. The molecule has 1 unspecified atom stereocenters. The lowest BCUT2D eigenvalue weighted by Gasteiger charge is -2.37. The molecule has 218 valence electrons. The maximum atomic E-state index is 13.0. The van der Waals surface area contributed by atoms with Crippen LogP contribution in [0.2, 0.25) is 0 Å². The van der Waals surface area contributed by atoms with Gasteiger partial charge in [-0.3, -0.25) is 14.9 Å². The molecule has 0 spiro atoms. The molecule has 2 aromatic carbocycles. The second-order valence-electron chi connectivity index (χ2n) is 10.9. The van der Waals surface area contributed by atoms with Gasteiger partial charge in [-0.2, -0.15) is 0 Å². The summed E-state index contributed by atoms with van der Waals surface area (Å²) in [6, 6.07) is 22.0. The second kappa shape index (κ2) is 13.3. The highest BCUT2D eigenvalue weighted by Gasteiger charge is 2.35. The zero-order valence-electron chi connectivity index (χ0n) is 23.3. The number of hydrogen-bond donors (Lipinski definition) is 4. The summed E-state index contributed by atoms with van der Waals surface area (Å²) in [6.45, 7) is 2.77. The van der Waals surface area contributed by atoms with Crippen LogP contribution >= 0.6 is 22.7 Å². The number of nitrogens with one attached hydrogen (secondary N) is 3. The first-order chi connectivity index (χ1) is 20.5. The van der Waals surface area contributed by atoms with Crippen LogP contribution in [0.5, 0.6) is 0 Å². The van der Waals surface area contributed by atoms with Gasteiger partial charge in [0.25, 0.3) is 5.91 Å². The zero-order chi connectivity index (χ0) is 28.9. The van der Waals surface area contributed by atoms with E-state index in [1.54, 1.807) is 17.4 Å². The summed E-state index contributed by atoms with van der Waals surface area (Å²) < 4.78 is 0. The normalized spacial score (nSPS) is 17.6. The Hall–Kier alpha value is -3.41. The Kier molecular flexibility index (Phi) is 9.07. The number of thiazole rings is 1. The molecule has 2 aromatic heterocycles. The first-order valence-corrected chi connectivity index (χ1v) is 16.1. The number of likely N-dealkylation sites (tertiary alicyclic amines) is 1. The van der Waals surface area contributed by atoms with Gasteiger partial charge < -0.3 is 20.6 Å². The average molecular weight is 602 g/mol. The minimum Gasteiger partial charge on any atom is -0.379 e. The molecule has 2 saturated heterocycles. The van der Waals surface area contributed by atoms with E-state index in [1.165, 1.54) is 16.9 Å². The van der Waals surface area contributed by atoms with Crippen molar-refractivity contribution in [2.45, 2.75) is 50.4 Å². The number of nitrogens with zero attached hydrogens (tertiary/aromatic N) is 2. The number of amides is 2. The molecule has 4 N–H and O–H groups in total. The van der Waals surface area contributed by atoms with E-state index in [4.69, 9.17) is 0 Å². The van der Waals surface area contributed by atoms with Crippen molar-refractivity contribution in [3.63, 3.8) is 0 Å². The van der Waals surface area contributed by atoms with Crippen molar-refractivity contribution in [2.24, 2.45) is 0 Å². The molecule has 10 heteroatoms. The minimum atomic E-state index is -0.551. The third-order valence-corrected chi connectivity index (χ3v) is 10.0. The minimum absolute atomic E-state index is 0.00176. The van der Waals surface area contributed by atoms with Crippen LogP contribution in [-0.2, 0) is 17.8 Å². The van der Waals surface area contributed by atoms with Crippen LogP contribution < -0.4 is 16.0 Å². The second-order valence-corrected chi connectivity index (χ2v) is 13.0. The van der Waals surface area contributed by atoms with Crippen molar-refractivity contribution >= 4 is 39.5 Å². The highest BCUT2D eigenvalue weighted by molar-refractivity contribution is 7.18. The van der Waals surface area contributed by atoms with E-state index in [-0.39, 0.29) is 23.8 Å². The average Bonchev–Trinajstić information content (AvgIpc) is 3.78. The van der Waals surface area contributed by atoms with Gasteiger partial charge in [-0.1, -0.05) is 54.6 Å². The Bertz CT molecular complexity index is 1490. The summed E-state index contributed by atoms with van der Waals surface area (Å²) in [4.78, 5) is 33.6. The molecule has 2 atom stereocenters. The number of carbonyl (C=O) groups is 2. The monoisotopic (exact) mass is 601 g/mol. The molecule has 2 amide bonds. The van der Waals surface area contributed by atoms with Gasteiger partial charge in [-0.15, -0.1) is 22.7 Å². The molecule has 4 aromatic rings. The number of thiophene rings is 1. The first-order valence-electron chi connectivity index (χ1n) is 14.5. The molecule has 2 aliphatic heterocycles. The van der Waals surface area contributed by atoms with Gasteiger partial charge in [0.05, 0.1) is 25.8 Å². The van der Waals surface area contributed by atoms with E-state index in [1.807, 2.05) is 35.4 Å². The largest absolute Gasteiger partial charge is 0.379 e. The van der Waals surface area contributed by atoms with Crippen molar-refractivity contribution in [1.29, 1.82) is 0 Å². The lowest BCUT2D eigenvalue weighted by atomic mass is 10.0. The van der Waals surface area contributed by atoms with E-state index in [2.05, 4.69) is 57.3 Å². The van der Waals surface area contributed by atoms with Gasteiger partial charge in [0.1, 0.15) is 6.23 Å². The number of hydrogen-bond acceptors (Lipinski definition) is 8. The molecule has 0 radical (unpaired) electrons. The molecule has 8 nitrogen and oxygen atoms in total. The molecular formula is C32H35N5O3S2. The fraction of sp³-hybridized carbons (Fsp3) is 0.344. The number of aryl methyl sites for hydroxylation is 1. The van der Waals surface area contributed by atoms with Crippen molar-refractivity contribution in [3.05, 3.63) is 93.9 Å². The summed E-state index contributed by atoms with van der Waals surface area (Å²) in [5, 5.41) is 21.4. The molecule has 2 fully saturated rings. The number of anilines is 1. The maximum absolute atomic E-state index is 13.0. The van der Waals surface area contributed by atoms with Crippen LogP contribution in [0.3, 0.4) is 0 Å². The molecule has 0 bridgehead atoms. The summed E-state index contributed by atoms with van der Waals surface area (Å²) in [6.07, 6.45) is 4.72. The highest BCUT2D eigenvalue weighted by Crippen LogP contribution is 2.36. The van der Waals surface area contributed by atoms with E-state index in [9.17, 15) is 14.7 Å². The number of benzene rings is 2. The summed E-state index contributed by atoms with van der Waals surface area (Å²) in [5.41, 5.74) is 3.45. The molecule has 42 heavy (non-hydrogen) atoms. The summed E-state index contributed by atoms with van der Waals surface area (Å²) in [5.74, 6) is 0.208. The zero-order valence-corrected chi connectivity index (χ0v) is 24.9. The van der Waals surface area contributed by atoms with Crippen LogP contribution in [0.25, 0.3) is 10.4 Å². The summed E-state index contributed by atoms with van der Waals surface area (Å²) in [7, 11) is 0. The van der Waals surface area contributed by atoms with Gasteiger partial charge >= 0.3 is 0 Å². The number of rotatable bonds is 11. The van der Waals surface area contributed by atoms with Crippen molar-refractivity contribution < 1.29 is 14.7 Å². The third-order valence-electron chi connectivity index (χ3n) is 7.81. The van der Waals surface area contributed by atoms with Crippen molar-refractivity contribution in [2.75, 3.05) is 25.0 Å². The lowest BCUT2D eigenvalue weighted by Crippen LogP contribution is -2.48. The molecular weight excluding hydrogens is 567 g/mol. The number of carbonyl (C=O) groups excluding carboxylic acids is 2. The Labute approximate surface area is 253 Å². The van der Waals surface area contributed by atoms with E-state index >= 15 is 0 Å². The van der Waals surface area contributed by atoms with Gasteiger partial charge in [0, 0.05) is 31.7 Å². The SMILES string of the molecule is O=C(Nc1ccc(C(=O)N2CC(c3ncc(-c4ccc(CNC(O)CCc5ccccc5)cc4)s3)C2)s1)[C@@H]1CCCN1. The Morgan fingerprint density at radius 2 is 1.83 bits per heavy atom. The Morgan fingerprint density at radius 1 is 1.02 bits per heavy atom. The molecule has 4 heterocycles. The quantitative estimate of drug-likeness (QED) is 0.183. The molecule has 0 saturated carbocycles. The Balaban J connectivity index is 0.954. The fourth-order valence-corrected chi connectivity index (χ4v) is 7.16. The number of aliphatic hydroxyl groups is 1. The van der Waals surface area contributed by atoms with Crippen LogP contribution in [0.4, 0.5) is 5.00 Å². The van der Waals surface area contributed by atoms with Crippen molar-refractivity contribution in [1.82, 2.24) is 20.5 Å². The molecule has 6 rings (SSSR count). The first kappa shape index (κ1) is 28.7. The van der Waals surface area contributed by atoms with Crippen LogP contribution in [0, 0.1) is 0 Å². The van der Waals surface area contributed by atoms with E-state index < -0.39 is 6.23 Å². The van der Waals surface area contributed by atoms with Crippen molar-refractivity contribution in [3.8, 4) is 10.4 Å². The standard InChI is InChI=1S/C32H35N5O3S2/c38-28(14-10-21-5-2-1-3-6-21)34-17-22-8-11-23(12-9-22)27-18-35-31(42-27)24-19-37(20-24)32(40)26-13-15-29(41-26)36-30(39)25-7-4-16-33-25/h1-3,5-6,8-9,11-13,15,18,24-25,28,33-34,38H,4,7,10,14,16-17,19-20H2,(H,36,39)/t25-,28?/m0/s1. The van der Waals surface area contributed by atoms with Crippen LogP contribution in [0.1, 0.15) is 51.0 Å². The van der Waals surface area contributed by atoms with E-state index in [0.717, 1.165) is 46.8 Å². The van der Waals surface area contributed by atoms with E-state index in [0.29, 0.717) is 35.9 Å². The van der Waals surface area contributed by atoms with Gasteiger partial charge in [0.15, 0.2) is 0 Å². The summed E-state index contributed by atoms with van der Waals surface area (Å²) >= 11 is 3.00. The highest BCUT2D eigenvalue weighted by atomic mass is 32.1. The maximum Gasteiger partial charge on any atom is 0.264 e. The number of aliphatic hydroxyl groups excluding tert-OH is 1. The molecule has 0 aliphatic carbocycles. The van der Waals surface area contributed by atoms with Crippen LogP contribution in [-0.4, -0.2) is 58.7 Å². The van der Waals surface area contributed by atoms with Crippen LogP contribution in [0.15, 0.2) is 72.9 Å². The smallest absolute Gasteiger partial charge is 0.264 e. The predicted octanol–water partition coefficient (Wildman–Crippen LogP) is 4.84.